The minimum atomic E-state index is -0.242. The van der Waals surface area contributed by atoms with Crippen molar-refractivity contribution in [1.29, 1.82) is 0 Å². The fourth-order valence-electron chi connectivity index (χ4n) is 1.88. The molecule has 1 atom stereocenters. The predicted octanol–water partition coefficient (Wildman–Crippen LogP) is 1.78. The highest BCUT2D eigenvalue weighted by Crippen LogP contribution is 2.29. The van der Waals surface area contributed by atoms with Crippen molar-refractivity contribution in [2.75, 3.05) is 13.1 Å². The number of thiophene rings is 1. The molecule has 0 bridgehead atoms. The number of piperidine rings is 1. The van der Waals surface area contributed by atoms with Gasteiger partial charge in [0.15, 0.2) is 0 Å². The van der Waals surface area contributed by atoms with E-state index in [0.29, 0.717) is 5.92 Å². The van der Waals surface area contributed by atoms with E-state index < -0.39 is 0 Å². The number of hydrogen-bond acceptors (Lipinski definition) is 3. The van der Waals surface area contributed by atoms with Gasteiger partial charge in [-0.05, 0) is 54.2 Å². The van der Waals surface area contributed by atoms with E-state index >= 15 is 0 Å². The van der Waals surface area contributed by atoms with Crippen molar-refractivity contribution in [3.05, 3.63) is 22.4 Å². The first-order valence-corrected chi connectivity index (χ1v) is 5.73. The second-order valence-electron chi connectivity index (χ2n) is 3.59. The highest BCUT2D eigenvalue weighted by Gasteiger charge is 2.22. The van der Waals surface area contributed by atoms with Crippen LogP contribution in [-0.2, 0) is 0 Å². The summed E-state index contributed by atoms with van der Waals surface area (Å²) >= 11 is 1.66. The molecule has 1 fully saturated rings. The van der Waals surface area contributed by atoms with Crippen LogP contribution >= 0.6 is 11.3 Å². The van der Waals surface area contributed by atoms with Gasteiger partial charge in [-0.25, -0.2) is 0 Å². The lowest BCUT2D eigenvalue weighted by atomic mass is 9.89. The normalized spacial score (nSPS) is 21.6. The van der Waals surface area contributed by atoms with Crippen LogP contribution in [0.15, 0.2) is 16.8 Å². The number of hydrogen-bond donors (Lipinski definition) is 2. The van der Waals surface area contributed by atoms with Gasteiger partial charge in [0.25, 0.3) is 0 Å². The smallest absolute Gasteiger partial charge is 0.0827 e. The third kappa shape index (κ3) is 2.10. The van der Waals surface area contributed by atoms with Crippen molar-refractivity contribution in [2.45, 2.75) is 18.9 Å². The molecule has 0 spiro atoms. The molecule has 1 unspecified atom stereocenters. The van der Waals surface area contributed by atoms with E-state index in [-0.39, 0.29) is 6.10 Å². The zero-order chi connectivity index (χ0) is 9.10. The second kappa shape index (κ2) is 4.22. The number of rotatable bonds is 2. The van der Waals surface area contributed by atoms with Gasteiger partial charge in [-0.1, -0.05) is 0 Å². The Kier molecular flexibility index (Phi) is 2.98. The molecule has 1 aromatic heterocycles. The Labute approximate surface area is 82.6 Å². The van der Waals surface area contributed by atoms with Gasteiger partial charge < -0.3 is 10.4 Å². The molecule has 1 saturated heterocycles. The fraction of sp³-hybridized carbons (Fsp3) is 0.600. The maximum absolute atomic E-state index is 10.0. The Morgan fingerprint density at radius 3 is 2.85 bits per heavy atom. The molecule has 0 aliphatic carbocycles. The van der Waals surface area contributed by atoms with Crippen molar-refractivity contribution in [1.82, 2.24) is 5.32 Å². The summed E-state index contributed by atoms with van der Waals surface area (Å²) in [5.74, 6) is 0.454. The van der Waals surface area contributed by atoms with Crippen LogP contribution in [0.25, 0.3) is 0 Å². The van der Waals surface area contributed by atoms with Crippen molar-refractivity contribution in [3.63, 3.8) is 0 Å². The second-order valence-corrected chi connectivity index (χ2v) is 4.37. The van der Waals surface area contributed by atoms with E-state index in [0.717, 1.165) is 31.5 Å². The Morgan fingerprint density at radius 2 is 2.23 bits per heavy atom. The first-order chi connectivity index (χ1) is 6.38. The molecule has 2 rings (SSSR count). The molecule has 2 heterocycles. The van der Waals surface area contributed by atoms with Crippen LogP contribution < -0.4 is 5.32 Å². The van der Waals surface area contributed by atoms with Crippen molar-refractivity contribution >= 4 is 11.3 Å². The lowest BCUT2D eigenvalue weighted by Crippen LogP contribution is -2.30. The van der Waals surface area contributed by atoms with Crippen LogP contribution in [-0.4, -0.2) is 18.2 Å². The number of nitrogens with one attached hydrogen (secondary N) is 1. The molecule has 2 nitrogen and oxygen atoms in total. The molecule has 0 radical (unpaired) electrons. The third-order valence-electron chi connectivity index (χ3n) is 2.72. The van der Waals surface area contributed by atoms with Gasteiger partial charge >= 0.3 is 0 Å². The van der Waals surface area contributed by atoms with Gasteiger partial charge in [-0.3, -0.25) is 0 Å². The van der Waals surface area contributed by atoms with Crippen molar-refractivity contribution in [2.24, 2.45) is 5.92 Å². The summed E-state index contributed by atoms with van der Waals surface area (Å²) in [6, 6.07) is 2.03. The zero-order valence-electron chi connectivity index (χ0n) is 7.57. The molecule has 2 N–H and O–H groups in total. The molecule has 0 aromatic carbocycles. The molecular weight excluding hydrogens is 182 g/mol. The molecule has 3 heteroatoms. The molecule has 1 aliphatic rings. The third-order valence-corrected chi connectivity index (χ3v) is 3.42. The van der Waals surface area contributed by atoms with E-state index in [4.69, 9.17) is 0 Å². The van der Waals surface area contributed by atoms with Crippen molar-refractivity contribution < 1.29 is 5.11 Å². The summed E-state index contributed by atoms with van der Waals surface area (Å²) in [7, 11) is 0. The lowest BCUT2D eigenvalue weighted by Gasteiger charge is -2.26. The van der Waals surface area contributed by atoms with E-state index in [1.807, 2.05) is 16.8 Å². The lowest BCUT2D eigenvalue weighted by molar-refractivity contribution is 0.0893. The summed E-state index contributed by atoms with van der Waals surface area (Å²) in [5.41, 5.74) is 1.09. The van der Waals surface area contributed by atoms with Crippen LogP contribution in [0, 0.1) is 5.92 Å². The van der Waals surface area contributed by atoms with Gasteiger partial charge in [0, 0.05) is 0 Å². The molecule has 13 heavy (non-hydrogen) atoms. The summed E-state index contributed by atoms with van der Waals surface area (Å²) in [5, 5.41) is 17.4. The largest absolute Gasteiger partial charge is 0.388 e. The van der Waals surface area contributed by atoms with Crippen LogP contribution in [0.4, 0.5) is 0 Å². The molecule has 1 aromatic rings. The van der Waals surface area contributed by atoms with Gasteiger partial charge in [-0.15, -0.1) is 0 Å². The first kappa shape index (κ1) is 9.19. The first-order valence-electron chi connectivity index (χ1n) is 4.79. The summed E-state index contributed by atoms with van der Waals surface area (Å²) in [6.45, 7) is 2.09. The van der Waals surface area contributed by atoms with Crippen LogP contribution in [0.2, 0.25) is 0 Å². The summed E-state index contributed by atoms with van der Waals surface area (Å²) in [6.07, 6.45) is 1.95. The van der Waals surface area contributed by atoms with Crippen molar-refractivity contribution in [3.8, 4) is 0 Å². The van der Waals surface area contributed by atoms with E-state index in [1.165, 1.54) is 0 Å². The Balaban J connectivity index is 1.99. The highest BCUT2D eigenvalue weighted by molar-refractivity contribution is 7.07. The predicted molar refractivity (Wildman–Crippen MR) is 54.9 cm³/mol. The molecule has 72 valence electrons. The number of aliphatic hydroxyl groups is 1. The molecule has 0 saturated carbocycles. The Morgan fingerprint density at radius 1 is 1.46 bits per heavy atom. The average molecular weight is 197 g/mol. The topological polar surface area (TPSA) is 32.3 Å². The average Bonchev–Trinajstić information content (AvgIpc) is 2.71. The molecule has 0 amide bonds. The van der Waals surface area contributed by atoms with Crippen LogP contribution in [0.5, 0.6) is 0 Å². The van der Waals surface area contributed by atoms with E-state index in [2.05, 4.69) is 5.32 Å². The maximum Gasteiger partial charge on any atom is 0.0827 e. The quantitative estimate of drug-likeness (QED) is 0.757. The highest BCUT2D eigenvalue weighted by atomic mass is 32.1. The van der Waals surface area contributed by atoms with Crippen LogP contribution in [0.3, 0.4) is 0 Å². The minimum absolute atomic E-state index is 0.242. The van der Waals surface area contributed by atoms with E-state index in [9.17, 15) is 5.11 Å². The Hall–Kier alpha value is -0.380. The monoisotopic (exact) mass is 197 g/mol. The van der Waals surface area contributed by atoms with Gasteiger partial charge in [0.2, 0.25) is 0 Å². The standard InChI is InChI=1S/C10H15NOS/c12-10(9-3-6-13-7-9)8-1-4-11-5-2-8/h3,6-8,10-12H,1-2,4-5H2. The summed E-state index contributed by atoms with van der Waals surface area (Å²) < 4.78 is 0. The van der Waals surface area contributed by atoms with Gasteiger partial charge in [-0.2, -0.15) is 11.3 Å². The SMILES string of the molecule is OC(c1ccsc1)C1CCNCC1. The van der Waals surface area contributed by atoms with Gasteiger partial charge in [0.05, 0.1) is 6.10 Å². The van der Waals surface area contributed by atoms with Crippen LogP contribution in [0.1, 0.15) is 24.5 Å². The molecular formula is C10H15NOS. The fourth-order valence-corrected chi connectivity index (χ4v) is 2.56. The number of aliphatic hydroxyl groups excluding tert-OH is 1. The van der Waals surface area contributed by atoms with Gasteiger partial charge in [0.1, 0.15) is 0 Å². The maximum atomic E-state index is 10.0. The van der Waals surface area contributed by atoms with E-state index in [1.54, 1.807) is 11.3 Å². The minimum Gasteiger partial charge on any atom is -0.388 e. The molecule has 1 aliphatic heterocycles. The summed E-state index contributed by atoms with van der Waals surface area (Å²) in [4.78, 5) is 0. The Bertz CT molecular complexity index is 241. The zero-order valence-corrected chi connectivity index (χ0v) is 8.39.